The molecule has 0 rings (SSSR count). The van der Waals surface area contributed by atoms with Crippen molar-refractivity contribution in [3.63, 3.8) is 0 Å². The quantitative estimate of drug-likeness (QED) is 0.292. The van der Waals surface area contributed by atoms with Crippen molar-refractivity contribution in [1.29, 1.82) is 0 Å². The lowest BCUT2D eigenvalue weighted by Crippen LogP contribution is -2.23. The van der Waals surface area contributed by atoms with Gasteiger partial charge in [-0.3, -0.25) is 9.59 Å². The number of rotatable bonds is 5. The van der Waals surface area contributed by atoms with Crippen LogP contribution < -0.4 is 0 Å². The minimum atomic E-state index is -0.454. The topological polar surface area (TPSA) is 52.6 Å². The summed E-state index contributed by atoms with van der Waals surface area (Å²) in [6.45, 7) is 5.97. The highest BCUT2D eigenvalue weighted by molar-refractivity contribution is 5.71. The van der Waals surface area contributed by atoms with E-state index in [2.05, 4.69) is 4.74 Å². The second-order valence-corrected chi connectivity index (χ2v) is 3.69. The van der Waals surface area contributed by atoms with Gasteiger partial charge in [0.2, 0.25) is 0 Å². The Morgan fingerprint density at radius 2 is 1.93 bits per heavy atom. The molecule has 0 aromatic rings. The van der Waals surface area contributed by atoms with Crippen molar-refractivity contribution in [3.05, 3.63) is 12.2 Å². The molecule has 0 atom stereocenters. The van der Waals surface area contributed by atoms with Crippen LogP contribution in [-0.2, 0) is 19.1 Å². The van der Waals surface area contributed by atoms with E-state index < -0.39 is 5.60 Å². The van der Waals surface area contributed by atoms with E-state index >= 15 is 0 Å². The van der Waals surface area contributed by atoms with Crippen LogP contribution in [0.4, 0.5) is 0 Å². The van der Waals surface area contributed by atoms with Gasteiger partial charge >= 0.3 is 5.97 Å². The number of ether oxygens (including phenoxy) is 2. The summed E-state index contributed by atoms with van der Waals surface area (Å²) in [6, 6.07) is 0. The summed E-state index contributed by atoms with van der Waals surface area (Å²) >= 11 is 0. The lowest BCUT2D eigenvalue weighted by atomic mass is 10.2. The van der Waals surface area contributed by atoms with E-state index in [1.807, 2.05) is 20.8 Å². The molecule has 0 amide bonds. The van der Waals surface area contributed by atoms with Crippen LogP contribution in [0.5, 0.6) is 0 Å². The second-order valence-electron chi connectivity index (χ2n) is 3.69. The number of hydrogen-bond donors (Lipinski definition) is 0. The van der Waals surface area contributed by atoms with Crippen LogP contribution in [0.15, 0.2) is 12.2 Å². The van der Waals surface area contributed by atoms with Crippen LogP contribution in [0, 0.1) is 0 Å². The molecule has 0 spiro atoms. The third-order valence-corrected chi connectivity index (χ3v) is 1.13. The Hall–Kier alpha value is -1.32. The van der Waals surface area contributed by atoms with Crippen molar-refractivity contribution in [2.45, 2.75) is 32.8 Å². The zero-order valence-corrected chi connectivity index (χ0v) is 8.78. The molecule has 0 aliphatic carbocycles. The van der Waals surface area contributed by atoms with Gasteiger partial charge < -0.3 is 9.47 Å². The number of carbonyl (C=O) groups excluding carboxylic acids is 2. The molecule has 0 radical (unpaired) electrons. The van der Waals surface area contributed by atoms with Crippen molar-refractivity contribution in [2.75, 3.05) is 6.61 Å². The van der Waals surface area contributed by atoms with E-state index in [0.29, 0.717) is 6.47 Å². The van der Waals surface area contributed by atoms with Gasteiger partial charge in [0.15, 0.2) is 0 Å². The molecule has 0 aliphatic heterocycles. The molecule has 0 unspecified atom stereocenters. The van der Waals surface area contributed by atoms with Crippen molar-refractivity contribution in [1.82, 2.24) is 0 Å². The van der Waals surface area contributed by atoms with E-state index in [-0.39, 0.29) is 19.0 Å². The zero-order valence-electron chi connectivity index (χ0n) is 8.78. The molecule has 0 bridgehead atoms. The lowest BCUT2D eigenvalue weighted by molar-refractivity contribution is -0.153. The van der Waals surface area contributed by atoms with Crippen LogP contribution in [0.3, 0.4) is 0 Å². The summed E-state index contributed by atoms with van der Waals surface area (Å²) in [7, 11) is 0. The van der Waals surface area contributed by atoms with Crippen LogP contribution in [0.25, 0.3) is 0 Å². The van der Waals surface area contributed by atoms with Gasteiger partial charge in [-0.1, -0.05) is 12.2 Å². The molecule has 0 N–H and O–H groups in total. The van der Waals surface area contributed by atoms with Gasteiger partial charge in [-0.05, 0) is 20.8 Å². The Morgan fingerprint density at radius 3 is 2.43 bits per heavy atom. The Balaban J connectivity index is 3.63. The fourth-order valence-corrected chi connectivity index (χ4v) is 0.726. The Bertz CT molecular complexity index is 213. The molecule has 0 saturated heterocycles. The first kappa shape index (κ1) is 12.7. The SMILES string of the molecule is CC(C)(C)OC(=O)C/C=C\COC=O. The van der Waals surface area contributed by atoms with Crippen molar-refractivity contribution in [3.8, 4) is 0 Å². The molecule has 4 nitrogen and oxygen atoms in total. The molecule has 80 valence electrons. The van der Waals surface area contributed by atoms with E-state index in [1.54, 1.807) is 12.2 Å². The van der Waals surface area contributed by atoms with Crippen molar-refractivity contribution in [2.24, 2.45) is 0 Å². The first-order valence-electron chi connectivity index (χ1n) is 4.38. The van der Waals surface area contributed by atoms with Crippen LogP contribution in [0.1, 0.15) is 27.2 Å². The molecule has 0 heterocycles. The monoisotopic (exact) mass is 200 g/mol. The third kappa shape index (κ3) is 8.77. The van der Waals surface area contributed by atoms with Gasteiger partial charge in [-0.15, -0.1) is 0 Å². The molecule has 14 heavy (non-hydrogen) atoms. The lowest BCUT2D eigenvalue weighted by Gasteiger charge is -2.18. The van der Waals surface area contributed by atoms with Gasteiger partial charge in [0, 0.05) is 0 Å². The Labute approximate surface area is 83.9 Å². The third-order valence-electron chi connectivity index (χ3n) is 1.13. The molecule has 0 saturated carbocycles. The largest absolute Gasteiger partial charge is 0.464 e. The maximum Gasteiger partial charge on any atom is 0.310 e. The first-order valence-corrected chi connectivity index (χ1v) is 4.38. The molecule has 0 aromatic heterocycles. The maximum absolute atomic E-state index is 11.1. The Morgan fingerprint density at radius 1 is 1.29 bits per heavy atom. The van der Waals surface area contributed by atoms with Gasteiger partial charge in [-0.2, -0.15) is 0 Å². The van der Waals surface area contributed by atoms with E-state index in [9.17, 15) is 9.59 Å². The highest BCUT2D eigenvalue weighted by atomic mass is 16.6. The minimum absolute atomic E-state index is 0.187. The normalized spacial score (nSPS) is 11.4. The van der Waals surface area contributed by atoms with Gasteiger partial charge in [0.25, 0.3) is 6.47 Å². The smallest absolute Gasteiger partial charge is 0.310 e. The first-order chi connectivity index (χ1) is 6.45. The molecular weight excluding hydrogens is 184 g/mol. The second kappa shape index (κ2) is 6.18. The van der Waals surface area contributed by atoms with Gasteiger partial charge in [0.05, 0.1) is 6.42 Å². The average Bonchev–Trinajstić information content (AvgIpc) is 2.00. The molecular formula is C10H16O4. The van der Waals surface area contributed by atoms with Gasteiger partial charge in [-0.25, -0.2) is 0 Å². The maximum atomic E-state index is 11.1. The molecule has 0 aliphatic rings. The van der Waals surface area contributed by atoms with Crippen LogP contribution in [0.2, 0.25) is 0 Å². The Kier molecular flexibility index (Phi) is 5.60. The highest BCUT2D eigenvalue weighted by Gasteiger charge is 2.14. The molecule has 0 aromatic carbocycles. The van der Waals surface area contributed by atoms with Crippen molar-refractivity contribution >= 4 is 12.4 Å². The number of carbonyl (C=O) groups is 2. The van der Waals surface area contributed by atoms with Crippen LogP contribution in [-0.4, -0.2) is 24.6 Å². The number of hydrogen-bond acceptors (Lipinski definition) is 4. The van der Waals surface area contributed by atoms with E-state index in [0.717, 1.165) is 0 Å². The molecule has 0 fully saturated rings. The average molecular weight is 200 g/mol. The van der Waals surface area contributed by atoms with Gasteiger partial charge in [0.1, 0.15) is 12.2 Å². The minimum Gasteiger partial charge on any atom is -0.464 e. The number of esters is 1. The van der Waals surface area contributed by atoms with E-state index in [1.165, 1.54) is 0 Å². The fourth-order valence-electron chi connectivity index (χ4n) is 0.726. The van der Waals surface area contributed by atoms with Crippen molar-refractivity contribution < 1.29 is 19.1 Å². The zero-order chi connectivity index (χ0) is 11.0. The van der Waals surface area contributed by atoms with Crippen LogP contribution >= 0.6 is 0 Å². The standard InChI is InChI=1S/C10H16O4/c1-10(2,3)14-9(12)6-4-5-7-13-8-11/h4-5,8H,6-7H2,1-3H3/b5-4-. The predicted octanol–water partition coefficient (Wildman–Crippen LogP) is 1.45. The predicted molar refractivity (Wildman–Crippen MR) is 51.6 cm³/mol. The highest BCUT2D eigenvalue weighted by Crippen LogP contribution is 2.08. The summed E-state index contributed by atoms with van der Waals surface area (Å²) in [5.74, 6) is -0.292. The summed E-state index contributed by atoms with van der Waals surface area (Å²) in [6.07, 6.45) is 3.40. The molecule has 4 heteroatoms. The summed E-state index contributed by atoms with van der Waals surface area (Å²) in [4.78, 5) is 20.8. The fraction of sp³-hybridized carbons (Fsp3) is 0.600. The summed E-state index contributed by atoms with van der Waals surface area (Å²) in [5.41, 5.74) is -0.454. The summed E-state index contributed by atoms with van der Waals surface area (Å²) < 4.78 is 9.44. The van der Waals surface area contributed by atoms with E-state index in [4.69, 9.17) is 4.74 Å². The summed E-state index contributed by atoms with van der Waals surface area (Å²) in [5, 5.41) is 0.